The number of carbonyl (C=O) groups excluding carboxylic acids is 1. The second-order valence-electron chi connectivity index (χ2n) is 5.95. The lowest BCUT2D eigenvalue weighted by atomic mass is 9.92. The number of nitrogens with one attached hydrogen (secondary N) is 1. The first-order valence-electron chi connectivity index (χ1n) is 7.73. The first kappa shape index (κ1) is 14.5. The number of likely N-dealkylation sites (tertiary alicyclic amines) is 1. The van der Waals surface area contributed by atoms with Gasteiger partial charge in [-0.2, -0.15) is 0 Å². The molecule has 0 radical (unpaired) electrons. The molecular formula is C15H23N3O3. The lowest BCUT2D eigenvalue weighted by molar-refractivity contribution is -0.125. The minimum Gasteiger partial charge on any atom is -0.375 e. The monoisotopic (exact) mass is 293 g/mol. The average Bonchev–Trinajstić information content (AvgIpc) is 3.10. The van der Waals surface area contributed by atoms with Crippen LogP contribution in [0.3, 0.4) is 0 Å². The largest absolute Gasteiger partial charge is 0.375 e. The second kappa shape index (κ2) is 6.58. The van der Waals surface area contributed by atoms with Crippen LogP contribution in [-0.2, 0) is 28.9 Å². The molecule has 1 aliphatic carbocycles. The molecule has 0 saturated carbocycles. The summed E-state index contributed by atoms with van der Waals surface area (Å²) in [6, 6.07) is 0.164. The Kier molecular flexibility index (Phi) is 4.55. The quantitative estimate of drug-likeness (QED) is 0.873. The summed E-state index contributed by atoms with van der Waals surface area (Å²) in [5.74, 6) is 0.949. The lowest BCUT2D eigenvalue weighted by Crippen LogP contribution is -2.40. The molecular weight excluding hydrogens is 270 g/mol. The Morgan fingerprint density at radius 2 is 2.29 bits per heavy atom. The topological polar surface area (TPSA) is 67.6 Å². The maximum Gasteiger partial charge on any atom is 0.246 e. The molecule has 1 aromatic heterocycles. The van der Waals surface area contributed by atoms with Crippen molar-refractivity contribution in [3.05, 3.63) is 17.0 Å². The van der Waals surface area contributed by atoms with Gasteiger partial charge in [0.05, 0.1) is 0 Å². The van der Waals surface area contributed by atoms with Gasteiger partial charge in [0.1, 0.15) is 18.1 Å². The van der Waals surface area contributed by atoms with Gasteiger partial charge in [-0.15, -0.1) is 0 Å². The standard InChI is InChI=1S/C15H23N3O3/c1-20-10-15(19)16-11-4-5-14-12(8-11)13(17-21-14)9-18-6-2-3-7-18/h11H,2-10H2,1H3,(H,16,19). The number of rotatable bonds is 5. The van der Waals surface area contributed by atoms with Crippen molar-refractivity contribution in [2.75, 3.05) is 26.8 Å². The van der Waals surface area contributed by atoms with Crippen LogP contribution in [0.25, 0.3) is 0 Å². The minimum absolute atomic E-state index is 0.0523. The maximum atomic E-state index is 11.6. The van der Waals surface area contributed by atoms with Gasteiger partial charge in [-0.05, 0) is 38.8 Å². The first-order valence-corrected chi connectivity index (χ1v) is 7.73. The molecule has 1 N–H and O–H groups in total. The third-order valence-corrected chi connectivity index (χ3v) is 4.33. The zero-order valence-electron chi connectivity index (χ0n) is 12.6. The summed E-state index contributed by atoms with van der Waals surface area (Å²) in [5, 5.41) is 7.28. The van der Waals surface area contributed by atoms with E-state index in [2.05, 4.69) is 15.4 Å². The fourth-order valence-corrected chi connectivity index (χ4v) is 3.26. The summed E-state index contributed by atoms with van der Waals surface area (Å²) in [6.07, 6.45) is 5.12. The smallest absolute Gasteiger partial charge is 0.246 e. The second-order valence-corrected chi connectivity index (χ2v) is 5.95. The predicted molar refractivity (Wildman–Crippen MR) is 76.8 cm³/mol. The predicted octanol–water partition coefficient (Wildman–Crippen LogP) is 0.890. The molecule has 0 aromatic carbocycles. The van der Waals surface area contributed by atoms with Gasteiger partial charge in [-0.25, -0.2) is 0 Å². The molecule has 1 aromatic rings. The van der Waals surface area contributed by atoms with Crippen LogP contribution in [0.5, 0.6) is 0 Å². The minimum atomic E-state index is -0.0523. The zero-order valence-corrected chi connectivity index (χ0v) is 12.6. The van der Waals surface area contributed by atoms with Gasteiger partial charge < -0.3 is 14.6 Å². The van der Waals surface area contributed by atoms with Gasteiger partial charge in [0.15, 0.2) is 0 Å². The van der Waals surface area contributed by atoms with E-state index in [1.807, 2.05) is 0 Å². The summed E-state index contributed by atoms with van der Waals surface area (Å²) in [7, 11) is 1.53. The van der Waals surface area contributed by atoms with Crippen molar-refractivity contribution in [3.8, 4) is 0 Å². The van der Waals surface area contributed by atoms with Crippen molar-refractivity contribution in [2.24, 2.45) is 0 Å². The van der Waals surface area contributed by atoms with Crippen molar-refractivity contribution < 1.29 is 14.1 Å². The van der Waals surface area contributed by atoms with Gasteiger partial charge in [0.2, 0.25) is 5.91 Å². The number of amides is 1. The molecule has 0 spiro atoms. The van der Waals surface area contributed by atoms with Gasteiger partial charge >= 0.3 is 0 Å². The number of carbonyl (C=O) groups is 1. The number of ether oxygens (including phenoxy) is 1. The third kappa shape index (κ3) is 3.44. The molecule has 6 heteroatoms. The van der Waals surface area contributed by atoms with Crippen LogP contribution in [0.4, 0.5) is 0 Å². The molecule has 2 heterocycles. The molecule has 21 heavy (non-hydrogen) atoms. The average molecular weight is 293 g/mol. The van der Waals surface area contributed by atoms with E-state index in [9.17, 15) is 4.79 Å². The Hall–Kier alpha value is -1.40. The highest BCUT2D eigenvalue weighted by Gasteiger charge is 2.27. The van der Waals surface area contributed by atoms with Crippen molar-refractivity contribution in [3.63, 3.8) is 0 Å². The number of hydrogen-bond acceptors (Lipinski definition) is 5. The SMILES string of the molecule is COCC(=O)NC1CCc2onc(CN3CCCC3)c2C1. The van der Waals surface area contributed by atoms with E-state index in [0.717, 1.165) is 50.4 Å². The summed E-state index contributed by atoms with van der Waals surface area (Å²) in [6.45, 7) is 3.29. The summed E-state index contributed by atoms with van der Waals surface area (Å²) >= 11 is 0. The van der Waals surface area contributed by atoms with E-state index in [-0.39, 0.29) is 18.6 Å². The Morgan fingerprint density at radius 1 is 1.48 bits per heavy atom. The van der Waals surface area contributed by atoms with Crippen molar-refractivity contribution in [2.45, 2.75) is 44.7 Å². The highest BCUT2D eigenvalue weighted by Crippen LogP contribution is 2.26. The number of methoxy groups -OCH3 is 1. The molecule has 1 unspecified atom stereocenters. The summed E-state index contributed by atoms with van der Waals surface area (Å²) < 4.78 is 10.3. The van der Waals surface area contributed by atoms with Crippen LogP contribution in [-0.4, -0.2) is 48.8 Å². The number of hydrogen-bond donors (Lipinski definition) is 1. The summed E-state index contributed by atoms with van der Waals surface area (Å²) in [4.78, 5) is 14.1. The van der Waals surface area contributed by atoms with Crippen LogP contribution in [0.2, 0.25) is 0 Å². The molecule has 1 atom stereocenters. The third-order valence-electron chi connectivity index (χ3n) is 4.33. The fraction of sp³-hybridized carbons (Fsp3) is 0.733. The number of nitrogens with zero attached hydrogens (tertiary/aromatic N) is 2. The number of aromatic nitrogens is 1. The van der Waals surface area contributed by atoms with E-state index in [1.54, 1.807) is 0 Å². The molecule has 1 fully saturated rings. The Morgan fingerprint density at radius 3 is 3.05 bits per heavy atom. The van der Waals surface area contributed by atoms with E-state index in [4.69, 9.17) is 9.26 Å². The highest BCUT2D eigenvalue weighted by molar-refractivity contribution is 5.77. The van der Waals surface area contributed by atoms with Crippen LogP contribution < -0.4 is 5.32 Å². The lowest BCUT2D eigenvalue weighted by Gasteiger charge is -2.23. The van der Waals surface area contributed by atoms with Crippen LogP contribution in [0.1, 0.15) is 36.3 Å². The van der Waals surface area contributed by atoms with Crippen molar-refractivity contribution >= 4 is 5.91 Å². The molecule has 3 rings (SSSR count). The van der Waals surface area contributed by atoms with Crippen LogP contribution in [0.15, 0.2) is 4.52 Å². The van der Waals surface area contributed by atoms with Gasteiger partial charge in [-0.3, -0.25) is 9.69 Å². The summed E-state index contributed by atoms with van der Waals surface area (Å²) in [5.41, 5.74) is 2.26. The molecule has 0 bridgehead atoms. The van der Waals surface area contributed by atoms with Gasteiger partial charge in [0, 0.05) is 31.7 Å². The van der Waals surface area contributed by atoms with Crippen LogP contribution in [0, 0.1) is 0 Å². The first-order chi connectivity index (χ1) is 10.3. The molecule has 6 nitrogen and oxygen atoms in total. The van der Waals surface area contributed by atoms with Gasteiger partial charge in [-0.1, -0.05) is 5.16 Å². The Bertz CT molecular complexity index is 494. The van der Waals surface area contributed by atoms with E-state index in [1.165, 1.54) is 25.5 Å². The van der Waals surface area contributed by atoms with E-state index in [0.29, 0.717) is 0 Å². The highest BCUT2D eigenvalue weighted by atomic mass is 16.5. The molecule has 1 aliphatic heterocycles. The molecule has 116 valence electrons. The Balaban J connectivity index is 1.63. The van der Waals surface area contributed by atoms with E-state index >= 15 is 0 Å². The molecule has 1 saturated heterocycles. The molecule has 1 amide bonds. The normalized spacial score (nSPS) is 22.2. The van der Waals surface area contributed by atoms with Crippen molar-refractivity contribution in [1.29, 1.82) is 0 Å². The maximum absolute atomic E-state index is 11.6. The van der Waals surface area contributed by atoms with Gasteiger partial charge in [0.25, 0.3) is 0 Å². The Labute approximate surface area is 124 Å². The fourth-order valence-electron chi connectivity index (χ4n) is 3.26. The van der Waals surface area contributed by atoms with Crippen molar-refractivity contribution in [1.82, 2.24) is 15.4 Å². The van der Waals surface area contributed by atoms with Crippen LogP contribution >= 0.6 is 0 Å². The molecule has 2 aliphatic rings. The number of fused-ring (bicyclic) bond motifs is 1. The van der Waals surface area contributed by atoms with E-state index < -0.39 is 0 Å². The zero-order chi connectivity index (χ0) is 14.7. The number of aryl methyl sites for hydroxylation is 1.